The molecular formula is C11H23NO3S. The van der Waals surface area contributed by atoms with Crippen molar-refractivity contribution in [2.24, 2.45) is 0 Å². The number of ether oxygens (including phenoxy) is 1. The van der Waals surface area contributed by atoms with Crippen LogP contribution in [0.25, 0.3) is 0 Å². The first-order valence-electron chi connectivity index (χ1n) is 5.92. The van der Waals surface area contributed by atoms with Crippen molar-refractivity contribution in [3.8, 4) is 0 Å². The fourth-order valence-electron chi connectivity index (χ4n) is 1.34. The summed E-state index contributed by atoms with van der Waals surface area (Å²) in [7, 11) is -1.44. The minimum Gasteiger partial charge on any atom is -0.381 e. The summed E-state index contributed by atoms with van der Waals surface area (Å²) in [5.41, 5.74) is 0. The number of amides is 1. The van der Waals surface area contributed by atoms with Crippen molar-refractivity contribution in [1.29, 1.82) is 0 Å². The molecule has 1 amide bonds. The first-order chi connectivity index (χ1) is 7.67. The number of carbonyl (C=O) groups excluding carboxylic acids is 1. The molecule has 0 aliphatic heterocycles. The molecule has 96 valence electrons. The summed E-state index contributed by atoms with van der Waals surface area (Å²) in [5.74, 6) is 0.302. The predicted octanol–water partition coefficient (Wildman–Crippen LogP) is 2.01. The largest absolute Gasteiger partial charge is 0.381 e. The van der Waals surface area contributed by atoms with E-state index in [1.165, 1.54) is 0 Å². The van der Waals surface area contributed by atoms with Crippen molar-refractivity contribution in [3.63, 3.8) is 0 Å². The van der Waals surface area contributed by atoms with Gasteiger partial charge in [-0.05, 0) is 19.8 Å². The minimum absolute atomic E-state index is 0.247. The van der Waals surface area contributed by atoms with Crippen LogP contribution in [0.15, 0.2) is 0 Å². The maximum Gasteiger partial charge on any atom is 0.311 e. The van der Waals surface area contributed by atoms with Crippen molar-refractivity contribution in [1.82, 2.24) is 4.90 Å². The lowest BCUT2D eigenvalue weighted by atomic mass is 10.4. The van der Waals surface area contributed by atoms with E-state index in [1.807, 2.05) is 20.8 Å². The molecule has 0 aliphatic carbocycles. The van der Waals surface area contributed by atoms with Crippen molar-refractivity contribution in [2.45, 2.75) is 33.6 Å². The van der Waals surface area contributed by atoms with Gasteiger partial charge < -0.3 is 9.64 Å². The highest BCUT2D eigenvalue weighted by molar-refractivity contribution is 8.00. The monoisotopic (exact) mass is 249 g/mol. The van der Waals surface area contributed by atoms with E-state index in [0.717, 1.165) is 12.8 Å². The average molecular weight is 249 g/mol. The van der Waals surface area contributed by atoms with Crippen LogP contribution >= 0.6 is 0 Å². The van der Waals surface area contributed by atoms with Gasteiger partial charge in [-0.25, -0.2) is 4.21 Å². The van der Waals surface area contributed by atoms with Gasteiger partial charge in [-0.3, -0.25) is 4.79 Å². The van der Waals surface area contributed by atoms with Crippen molar-refractivity contribution < 1.29 is 13.7 Å². The highest BCUT2D eigenvalue weighted by Crippen LogP contribution is 2.01. The molecule has 1 atom stereocenters. The Balaban J connectivity index is 4.09. The number of nitrogens with zero attached hydrogens (tertiary/aromatic N) is 1. The molecule has 1 unspecified atom stereocenters. The molecule has 0 heterocycles. The van der Waals surface area contributed by atoms with Gasteiger partial charge in [-0.1, -0.05) is 13.8 Å². The van der Waals surface area contributed by atoms with Gasteiger partial charge in [0.05, 0.1) is 12.4 Å². The van der Waals surface area contributed by atoms with Crippen LogP contribution in [0.5, 0.6) is 0 Å². The molecule has 0 aromatic rings. The van der Waals surface area contributed by atoms with Gasteiger partial charge >= 0.3 is 5.24 Å². The quantitative estimate of drug-likeness (QED) is 0.618. The van der Waals surface area contributed by atoms with Gasteiger partial charge in [-0.2, -0.15) is 0 Å². The minimum atomic E-state index is -1.44. The molecule has 0 aromatic carbocycles. The smallest absolute Gasteiger partial charge is 0.311 e. The summed E-state index contributed by atoms with van der Waals surface area (Å²) in [6, 6.07) is 0. The third kappa shape index (κ3) is 6.23. The van der Waals surface area contributed by atoms with E-state index in [1.54, 1.807) is 4.90 Å². The van der Waals surface area contributed by atoms with Crippen LogP contribution in [-0.4, -0.2) is 46.4 Å². The normalized spacial score (nSPS) is 12.4. The first kappa shape index (κ1) is 15.6. The van der Waals surface area contributed by atoms with Crippen LogP contribution in [0.3, 0.4) is 0 Å². The summed E-state index contributed by atoms with van der Waals surface area (Å²) >= 11 is 0. The van der Waals surface area contributed by atoms with Crippen LogP contribution in [0.2, 0.25) is 0 Å². The average Bonchev–Trinajstić information content (AvgIpc) is 2.28. The van der Waals surface area contributed by atoms with Crippen molar-refractivity contribution >= 4 is 16.0 Å². The lowest BCUT2D eigenvalue weighted by molar-refractivity contribution is 0.163. The van der Waals surface area contributed by atoms with Gasteiger partial charge in [0.1, 0.15) is 10.8 Å². The Morgan fingerprint density at radius 2 is 1.75 bits per heavy atom. The Kier molecular flexibility index (Phi) is 9.52. The van der Waals surface area contributed by atoms with Crippen LogP contribution in [0.1, 0.15) is 33.6 Å². The SMILES string of the molecule is CCCN(CCC)C(=O)S(=O)CCOCC. The molecule has 0 bridgehead atoms. The zero-order valence-electron chi connectivity index (χ0n) is 10.5. The Hall–Kier alpha value is -0.420. The van der Waals surface area contributed by atoms with Gasteiger partial charge in [0.25, 0.3) is 0 Å². The second-order valence-electron chi connectivity index (χ2n) is 3.50. The molecule has 0 aliphatic rings. The number of carbonyl (C=O) groups is 1. The molecule has 0 aromatic heterocycles. The molecular weight excluding hydrogens is 226 g/mol. The van der Waals surface area contributed by atoms with Crippen LogP contribution in [-0.2, 0) is 15.5 Å². The van der Waals surface area contributed by atoms with Crippen LogP contribution in [0.4, 0.5) is 4.79 Å². The second kappa shape index (κ2) is 9.78. The zero-order chi connectivity index (χ0) is 12.4. The molecule has 0 saturated carbocycles. The molecule has 0 rings (SSSR count). The highest BCUT2D eigenvalue weighted by Gasteiger charge is 2.18. The van der Waals surface area contributed by atoms with Gasteiger partial charge in [0.15, 0.2) is 0 Å². The van der Waals surface area contributed by atoms with E-state index in [9.17, 15) is 9.00 Å². The summed E-state index contributed by atoms with van der Waals surface area (Å²) in [5, 5.41) is -0.247. The Bertz CT molecular complexity index is 215. The molecule has 0 N–H and O–H groups in total. The van der Waals surface area contributed by atoms with Crippen LogP contribution < -0.4 is 0 Å². The van der Waals surface area contributed by atoms with Crippen molar-refractivity contribution in [3.05, 3.63) is 0 Å². The van der Waals surface area contributed by atoms with Gasteiger partial charge in [-0.15, -0.1) is 0 Å². The zero-order valence-corrected chi connectivity index (χ0v) is 11.3. The first-order valence-corrected chi connectivity index (χ1v) is 7.24. The molecule has 0 saturated heterocycles. The topological polar surface area (TPSA) is 46.6 Å². The number of hydrogen-bond donors (Lipinski definition) is 0. The number of hydrogen-bond acceptors (Lipinski definition) is 3. The molecule has 0 fully saturated rings. The van der Waals surface area contributed by atoms with E-state index in [4.69, 9.17) is 4.74 Å². The number of rotatable bonds is 8. The van der Waals surface area contributed by atoms with E-state index in [2.05, 4.69) is 0 Å². The fourth-order valence-corrected chi connectivity index (χ4v) is 2.26. The highest BCUT2D eigenvalue weighted by atomic mass is 32.2. The van der Waals surface area contributed by atoms with E-state index in [-0.39, 0.29) is 5.24 Å². The Morgan fingerprint density at radius 3 is 2.19 bits per heavy atom. The lowest BCUT2D eigenvalue weighted by Crippen LogP contribution is -2.35. The standard InChI is InChI=1S/C11H23NO3S/c1-4-7-12(8-5-2)11(13)16(14)10-9-15-6-3/h4-10H2,1-3H3. The Labute approximate surface area is 101 Å². The summed E-state index contributed by atoms with van der Waals surface area (Å²) in [6.45, 7) is 8.27. The third-order valence-electron chi connectivity index (χ3n) is 2.06. The van der Waals surface area contributed by atoms with E-state index >= 15 is 0 Å². The second-order valence-corrected chi connectivity index (χ2v) is 4.95. The van der Waals surface area contributed by atoms with E-state index in [0.29, 0.717) is 32.1 Å². The summed E-state index contributed by atoms with van der Waals surface area (Å²) in [6.07, 6.45) is 1.79. The molecule has 16 heavy (non-hydrogen) atoms. The van der Waals surface area contributed by atoms with E-state index < -0.39 is 10.8 Å². The molecule has 0 spiro atoms. The molecule has 4 nitrogen and oxygen atoms in total. The molecule has 5 heteroatoms. The maximum absolute atomic E-state index is 11.8. The van der Waals surface area contributed by atoms with Crippen molar-refractivity contribution in [2.75, 3.05) is 32.1 Å². The molecule has 0 radical (unpaired) electrons. The Morgan fingerprint density at radius 1 is 1.19 bits per heavy atom. The van der Waals surface area contributed by atoms with Crippen LogP contribution in [0, 0.1) is 0 Å². The summed E-state index contributed by atoms with van der Waals surface area (Å²) < 4.78 is 16.7. The third-order valence-corrected chi connectivity index (χ3v) is 3.24. The summed E-state index contributed by atoms with van der Waals surface area (Å²) in [4.78, 5) is 13.5. The lowest BCUT2D eigenvalue weighted by Gasteiger charge is -2.20. The van der Waals surface area contributed by atoms with Gasteiger partial charge in [0, 0.05) is 19.7 Å². The fraction of sp³-hybridized carbons (Fsp3) is 0.909. The van der Waals surface area contributed by atoms with Gasteiger partial charge in [0.2, 0.25) is 0 Å². The maximum atomic E-state index is 11.8. The predicted molar refractivity (Wildman–Crippen MR) is 67.1 cm³/mol.